The second-order valence-corrected chi connectivity index (χ2v) is 6.71. The van der Waals surface area contributed by atoms with Crippen LogP contribution in [-0.2, 0) is 16.0 Å². The van der Waals surface area contributed by atoms with Crippen LogP contribution in [0, 0.1) is 5.41 Å². The molecule has 2 aliphatic rings. The summed E-state index contributed by atoms with van der Waals surface area (Å²) in [7, 11) is 0. The minimum absolute atomic E-state index is 0.0284. The summed E-state index contributed by atoms with van der Waals surface area (Å²) in [4.78, 5) is 16.6. The van der Waals surface area contributed by atoms with Gasteiger partial charge in [-0.2, -0.15) is 4.98 Å². The lowest BCUT2D eigenvalue weighted by molar-refractivity contribution is -0.122. The van der Waals surface area contributed by atoms with Gasteiger partial charge in [0.15, 0.2) is 0 Å². The molecular weight excluding hydrogens is 320 g/mol. The maximum Gasteiger partial charge on any atom is 0.237 e. The maximum atomic E-state index is 12.2. The topological polar surface area (TPSA) is 89.3 Å². The average molecular weight is 342 g/mol. The molecule has 25 heavy (non-hydrogen) atoms. The van der Waals surface area contributed by atoms with Gasteiger partial charge in [0.2, 0.25) is 17.6 Å². The number of carbonyl (C=O) groups excluding carboxylic acids is 1. The number of aromatic nitrogens is 2. The number of ether oxygens (including phenoxy) is 1. The van der Waals surface area contributed by atoms with E-state index in [1.165, 1.54) is 0 Å². The highest BCUT2D eigenvalue weighted by Gasteiger charge is 2.48. The Bertz CT molecular complexity index is 725. The van der Waals surface area contributed by atoms with Crippen LogP contribution in [0.4, 0.5) is 0 Å². The molecule has 1 amide bonds. The smallest absolute Gasteiger partial charge is 0.237 e. The van der Waals surface area contributed by atoms with Crippen LogP contribution in [-0.4, -0.2) is 48.4 Å². The van der Waals surface area contributed by atoms with Crippen molar-refractivity contribution in [2.75, 3.05) is 26.3 Å². The van der Waals surface area contributed by atoms with Crippen LogP contribution in [0.1, 0.15) is 18.7 Å². The summed E-state index contributed by atoms with van der Waals surface area (Å²) in [6, 6.07) is 9.56. The molecule has 2 aromatic rings. The number of nitrogens with one attached hydrogen (secondary N) is 2. The summed E-state index contributed by atoms with van der Waals surface area (Å²) < 4.78 is 10.8. The van der Waals surface area contributed by atoms with Crippen LogP contribution in [0.3, 0.4) is 0 Å². The van der Waals surface area contributed by atoms with Crippen molar-refractivity contribution in [2.24, 2.45) is 5.41 Å². The minimum atomic E-state index is -0.173. The fraction of sp³-hybridized carbons (Fsp3) is 0.500. The van der Waals surface area contributed by atoms with Crippen LogP contribution < -0.4 is 10.6 Å². The maximum absolute atomic E-state index is 12.2. The Morgan fingerprint density at radius 2 is 2.04 bits per heavy atom. The van der Waals surface area contributed by atoms with Crippen LogP contribution in [0.5, 0.6) is 0 Å². The highest BCUT2D eigenvalue weighted by atomic mass is 16.5. The predicted octanol–water partition coefficient (Wildman–Crippen LogP) is 1.16. The van der Waals surface area contributed by atoms with Crippen LogP contribution in [0.2, 0.25) is 0 Å². The molecule has 0 radical (unpaired) electrons. The number of carbonyl (C=O) groups is 1. The first-order valence-corrected chi connectivity index (χ1v) is 8.74. The fourth-order valence-corrected chi connectivity index (χ4v) is 3.68. The molecule has 0 saturated carbocycles. The highest BCUT2D eigenvalue weighted by Crippen LogP contribution is 2.37. The van der Waals surface area contributed by atoms with Crippen molar-refractivity contribution in [1.82, 2.24) is 20.8 Å². The summed E-state index contributed by atoms with van der Waals surface area (Å²) in [5.74, 6) is 1.25. The number of benzene rings is 1. The summed E-state index contributed by atoms with van der Waals surface area (Å²) in [5, 5.41) is 10.4. The SMILES string of the molecule is O=C1NCC2(CCOCC2)C1NCCc1nc(-c2ccccc2)no1. The standard InChI is InChI=1S/C18H22N4O3/c23-17-15(18(12-20-17)7-10-24-11-8-18)19-9-6-14-21-16(22-25-14)13-4-2-1-3-5-13/h1-5,15,19H,6-12H2,(H,20,23). The normalized spacial score (nSPS) is 22.2. The number of hydrogen-bond donors (Lipinski definition) is 2. The van der Waals surface area contributed by atoms with Gasteiger partial charge in [0.05, 0.1) is 6.04 Å². The van der Waals surface area contributed by atoms with Gasteiger partial charge in [0.25, 0.3) is 0 Å². The molecule has 0 aliphatic carbocycles. The van der Waals surface area contributed by atoms with Crippen molar-refractivity contribution in [3.05, 3.63) is 36.2 Å². The number of nitrogens with zero attached hydrogens (tertiary/aromatic N) is 2. The van der Waals surface area contributed by atoms with E-state index >= 15 is 0 Å². The molecule has 1 aromatic carbocycles. The summed E-state index contributed by atoms with van der Waals surface area (Å²) in [5.41, 5.74) is 0.904. The van der Waals surface area contributed by atoms with E-state index in [1.807, 2.05) is 30.3 Å². The Morgan fingerprint density at radius 1 is 1.24 bits per heavy atom. The summed E-state index contributed by atoms with van der Waals surface area (Å²) in [6.45, 7) is 2.79. The molecule has 1 aromatic heterocycles. The molecule has 2 fully saturated rings. The number of amides is 1. The third-order valence-electron chi connectivity index (χ3n) is 5.17. The largest absolute Gasteiger partial charge is 0.381 e. The second kappa shape index (κ2) is 6.93. The van der Waals surface area contributed by atoms with Crippen LogP contribution in [0.15, 0.2) is 34.9 Å². The molecule has 2 saturated heterocycles. The van der Waals surface area contributed by atoms with E-state index in [4.69, 9.17) is 9.26 Å². The van der Waals surface area contributed by atoms with Crippen molar-refractivity contribution in [3.63, 3.8) is 0 Å². The Morgan fingerprint density at radius 3 is 2.84 bits per heavy atom. The van der Waals surface area contributed by atoms with E-state index in [2.05, 4.69) is 20.8 Å². The molecule has 3 heterocycles. The third-order valence-corrected chi connectivity index (χ3v) is 5.17. The molecular formula is C18H22N4O3. The van der Waals surface area contributed by atoms with Crippen molar-refractivity contribution in [2.45, 2.75) is 25.3 Å². The fourth-order valence-electron chi connectivity index (χ4n) is 3.68. The monoisotopic (exact) mass is 342 g/mol. The highest BCUT2D eigenvalue weighted by molar-refractivity contribution is 5.85. The van der Waals surface area contributed by atoms with E-state index in [9.17, 15) is 4.79 Å². The lowest BCUT2D eigenvalue weighted by Gasteiger charge is -2.36. The lowest BCUT2D eigenvalue weighted by Crippen LogP contribution is -2.49. The van der Waals surface area contributed by atoms with E-state index in [-0.39, 0.29) is 17.4 Å². The molecule has 1 spiro atoms. The van der Waals surface area contributed by atoms with Gasteiger partial charge < -0.3 is 19.9 Å². The van der Waals surface area contributed by atoms with E-state index in [0.717, 1.165) is 38.2 Å². The van der Waals surface area contributed by atoms with Gasteiger partial charge in [-0.1, -0.05) is 35.5 Å². The Kier molecular flexibility index (Phi) is 4.50. The minimum Gasteiger partial charge on any atom is -0.381 e. The molecule has 132 valence electrons. The van der Waals surface area contributed by atoms with Gasteiger partial charge in [-0.15, -0.1) is 0 Å². The molecule has 7 heteroatoms. The molecule has 2 aliphatic heterocycles. The van der Waals surface area contributed by atoms with Gasteiger partial charge in [-0.3, -0.25) is 4.79 Å². The van der Waals surface area contributed by atoms with Gasteiger partial charge in [0, 0.05) is 43.7 Å². The molecule has 2 N–H and O–H groups in total. The molecule has 1 unspecified atom stereocenters. The zero-order chi connectivity index (χ0) is 17.1. The molecule has 7 nitrogen and oxygen atoms in total. The van der Waals surface area contributed by atoms with Gasteiger partial charge in [-0.05, 0) is 12.8 Å². The first-order chi connectivity index (χ1) is 12.3. The van der Waals surface area contributed by atoms with Crippen molar-refractivity contribution in [1.29, 1.82) is 0 Å². The van der Waals surface area contributed by atoms with E-state index in [1.54, 1.807) is 0 Å². The van der Waals surface area contributed by atoms with E-state index in [0.29, 0.717) is 24.7 Å². The number of rotatable bonds is 5. The first kappa shape index (κ1) is 16.2. The Balaban J connectivity index is 1.36. The van der Waals surface area contributed by atoms with Gasteiger partial charge >= 0.3 is 0 Å². The van der Waals surface area contributed by atoms with Crippen molar-refractivity contribution < 1.29 is 14.1 Å². The van der Waals surface area contributed by atoms with Crippen molar-refractivity contribution >= 4 is 5.91 Å². The predicted molar refractivity (Wildman–Crippen MR) is 90.7 cm³/mol. The molecule has 0 bridgehead atoms. The van der Waals surface area contributed by atoms with Gasteiger partial charge in [0.1, 0.15) is 0 Å². The zero-order valence-electron chi connectivity index (χ0n) is 14.0. The summed E-state index contributed by atoms with van der Waals surface area (Å²) in [6.07, 6.45) is 2.40. The second-order valence-electron chi connectivity index (χ2n) is 6.71. The van der Waals surface area contributed by atoms with Crippen LogP contribution >= 0.6 is 0 Å². The lowest BCUT2D eigenvalue weighted by atomic mass is 9.76. The van der Waals surface area contributed by atoms with Gasteiger partial charge in [-0.25, -0.2) is 0 Å². The quantitative estimate of drug-likeness (QED) is 0.848. The average Bonchev–Trinajstić information content (AvgIpc) is 3.24. The third kappa shape index (κ3) is 3.29. The Labute approximate surface area is 146 Å². The first-order valence-electron chi connectivity index (χ1n) is 8.74. The Hall–Kier alpha value is -2.25. The van der Waals surface area contributed by atoms with Crippen LogP contribution in [0.25, 0.3) is 11.4 Å². The summed E-state index contributed by atoms with van der Waals surface area (Å²) >= 11 is 0. The molecule has 4 rings (SSSR count). The molecule has 1 atom stereocenters. The van der Waals surface area contributed by atoms with Crippen molar-refractivity contribution in [3.8, 4) is 11.4 Å². The number of hydrogen-bond acceptors (Lipinski definition) is 6. The zero-order valence-corrected chi connectivity index (χ0v) is 14.0. The van der Waals surface area contributed by atoms with E-state index < -0.39 is 0 Å².